The molecule has 2 bridgehead atoms. The number of aromatic amines is 1. The van der Waals surface area contributed by atoms with Gasteiger partial charge in [-0.25, -0.2) is 12.8 Å². The minimum atomic E-state index is -4.17. The summed E-state index contributed by atoms with van der Waals surface area (Å²) >= 11 is 0. The lowest BCUT2D eigenvalue weighted by atomic mass is 10.00. The van der Waals surface area contributed by atoms with Gasteiger partial charge in [-0.05, 0) is 35.9 Å². The third kappa shape index (κ3) is 2.56. The third-order valence-corrected chi connectivity index (χ3v) is 7.39. The molecular weight excluding hydrogens is 407 g/mol. The van der Waals surface area contributed by atoms with Gasteiger partial charge in [-0.1, -0.05) is 12.1 Å². The van der Waals surface area contributed by atoms with E-state index in [-0.39, 0.29) is 16.9 Å². The Balaban J connectivity index is 1.66. The molecule has 0 radical (unpaired) electrons. The van der Waals surface area contributed by atoms with Crippen LogP contribution in [-0.2, 0) is 22.6 Å². The van der Waals surface area contributed by atoms with Crippen molar-refractivity contribution in [3.8, 4) is 0 Å². The molecule has 0 fully saturated rings. The van der Waals surface area contributed by atoms with Crippen molar-refractivity contribution in [2.24, 2.45) is 0 Å². The Morgan fingerprint density at radius 3 is 2.55 bits per heavy atom. The van der Waals surface area contributed by atoms with E-state index >= 15 is 0 Å². The van der Waals surface area contributed by atoms with Gasteiger partial charge in [0.15, 0.2) is 0 Å². The van der Waals surface area contributed by atoms with Gasteiger partial charge in [-0.15, -0.1) is 0 Å². The molecule has 0 unspecified atom stereocenters. The van der Waals surface area contributed by atoms with Crippen LogP contribution < -0.4 is 0 Å². The number of benzene rings is 2. The molecule has 150 valence electrons. The number of hydrogen-bond acceptors (Lipinski definition) is 4. The van der Waals surface area contributed by atoms with Crippen LogP contribution in [0.3, 0.4) is 0 Å². The third-order valence-electron chi connectivity index (χ3n) is 5.50. The van der Waals surface area contributed by atoms with E-state index in [4.69, 9.17) is 5.11 Å². The van der Waals surface area contributed by atoms with Crippen molar-refractivity contribution in [2.45, 2.75) is 29.5 Å². The van der Waals surface area contributed by atoms with Gasteiger partial charge in [0.2, 0.25) is 10.0 Å². The van der Waals surface area contributed by atoms with E-state index in [1.54, 1.807) is 6.07 Å². The van der Waals surface area contributed by atoms with Crippen LogP contribution in [0.1, 0.15) is 40.0 Å². The quantitative estimate of drug-likeness (QED) is 0.681. The highest BCUT2D eigenvalue weighted by Gasteiger charge is 2.52. The summed E-state index contributed by atoms with van der Waals surface area (Å²) in [5.41, 5.74) is 1.43. The van der Waals surface area contributed by atoms with Crippen molar-refractivity contribution in [2.75, 3.05) is 0 Å². The van der Waals surface area contributed by atoms with Gasteiger partial charge in [0.25, 0.3) is 0 Å². The number of sulfonamides is 1. The van der Waals surface area contributed by atoms with Crippen molar-refractivity contribution in [3.63, 3.8) is 0 Å². The van der Waals surface area contributed by atoms with E-state index in [1.807, 2.05) is 0 Å². The number of nitrogens with one attached hydrogen (secondary N) is 1. The molecule has 3 heterocycles. The predicted octanol–water partition coefficient (Wildman–Crippen LogP) is 2.98. The van der Waals surface area contributed by atoms with Crippen molar-refractivity contribution in [1.82, 2.24) is 14.5 Å². The molecule has 5 rings (SSSR count). The maximum atomic E-state index is 14.7. The lowest BCUT2D eigenvalue weighted by Crippen LogP contribution is -2.37. The SMILES string of the molecule is O=S(=O)(c1ccc(C(O)(F)F)cc1)N1[C@H]2c3cn[nH]c3C[C@@H]1c1cccc(F)c12. The summed E-state index contributed by atoms with van der Waals surface area (Å²) in [4.78, 5) is -0.222. The van der Waals surface area contributed by atoms with E-state index < -0.39 is 39.6 Å². The van der Waals surface area contributed by atoms with E-state index in [9.17, 15) is 21.6 Å². The van der Waals surface area contributed by atoms with E-state index in [0.29, 0.717) is 11.1 Å². The second-order valence-electron chi connectivity index (χ2n) is 7.07. The molecule has 0 saturated heterocycles. The second-order valence-corrected chi connectivity index (χ2v) is 8.91. The maximum absolute atomic E-state index is 14.7. The molecular formula is C19H14F3N3O3S. The van der Waals surface area contributed by atoms with Crippen LogP contribution in [0.5, 0.6) is 0 Å². The summed E-state index contributed by atoms with van der Waals surface area (Å²) in [7, 11) is -4.17. The smallest absolute Gasteiger partial charge is 0.332 e. The molecule has 0 spiro atoms. The molecule has 6 nitrogen and oxygen atoms in total. The van der Waals surface area contributed by atoms with Crippen LogP contribution >= 0.6 is 0 Å². The highest BCUT2D eigenvalue weighted by Crippen LogP contribution is 2.54. The fourth-order valence-corrected chi connectivity index (χ4v) is 5.98. The van der Waals surface area contributed by atoms with Crippen LogP contribution in [0.15, 0.2) is 53.6 Å². The summed E-state index contributed by atoms with van der Waals surface area (Å²) in [6, 6.07) is 6.70. The van der Waals surface area contributed by atoms with Crippen molar-refractivity contribution >= 4 is 10.0 Å². The Kier molecular flexibility index (Phi) is 3.74. The van der Waals surface area contributed by atoms with Crippen LogP contribution in [0, 0.1) is 5.82 Å². The highest BCUT2D eigenvalue weighted by molar-refractivity contribution is 7.89. The molecule has 2 N–H and O–H groups in total. The monoisotopic (exact) mass is 421 g/mol. The summed E-state index contributed by atoms with van der Waals surface area (Å²) in [5.74, 6) is -0.514. The highest BCUT2D eigenvalue weighted by atomic mass is 32.2. The number of rotatable bonds is 3. The molecule has 2 atom stereocenters. The van der Waals surface area contributed by atoms with Crippen molar-refractivity contribution < 1.29 is 26.7 Å². The molecule has 29 heavy (non-hydrogen) atoms. The van der Waals surface area contributed by atoms with Gasteiger partial charge >= 0.3 is 6.11 Å². The largest absolute Gasteiger partial charge is 0.380 e. The van der Waals surface area contributed by atoms with Crippen LogP contribution in [0.25, 0.3) is 0 Å². The fourth-order valence-electron chi connectivity index (χ4n) is 4.24. The molecule has 0 aliphatic carbocycles. The Morgan fingerprint density at radius 2 is 1.86 bits per heavy atom. The normalized spacial score (nSPS) is 21.1. The number of hydrogen-bond donors (Lipinski definition) is 2. The van der Waals surface area contributed by atoms with Gasteiger partial charge < -0.3 is 5.11 Å². The summed E-state index contributed by atoms with van der Waals surface area (Å²) in [6.45, 7) is 0. The molecule has 2 aliphatic heterocycles. The lowest BCUT2D eigenvalue weighted by Gasteiger charge is -2.33. The maximum Gasteiger partial charge on any atom is 0.380 e. The number of alkyl halides is 2. The second kappa shape index (κ2) is 5.91. The minimum absolute atomic E-state index is 0.222. The Morgan fingerprint density at radius 1 is 1.14 bits per heavy atom. The molecule has 0 saturated carbocycles. The Labute approximate surface area is 163 Å². The molecule has 10 heteroatoms. The van der Waals surface area contributed by atoms with E-state index in [1.165, 1.54) is 22.6 Å². The van der Waals surface area contributed by atoms with Gasteiger partial charge in [-0.2, -0.15) is 18.2 Å². The zero-order chi connectivity index (χ0) is 20.6. The molecule has 1 aromatic heterocycles. The number of aromatic nitrogens is 2. The number of fused-ring (bicyclic) bond motifs is 7. The predicted molar refractivity (Wildman–Crippen MR) is 94.9 cm³/mol. The summed E-state index contributed by atoms with van der Waals surface area (Å²) in [6.07, 6.45) is -2.30. The molecule has 2 aliphatic rings. The van der Waals surface area contributed by atoms with Crippen molar-refractivity contribution in [3.05, 3.63) is 82.4 Å². The minimum Gasteiger partial charge on any atom is -0.332 e. The summed E-state index contributed by atoms with van der Waals surface area (Å²) in [5, 5.41) is 15.6. The van der Waals surface area contributed by atoms with E-state index in [0.717, 1.165) is 30.0 Å². The first-order valence-corrected chi connectivity index (χ1v) is 10.2. The average Bonchev–Trinajstić information content (AvgIpc) is 3.24. The number of H-pyrrole nitrogens is 1. The first-order valence-electron chi connectivity index (χ1n) is 8.74. The van der Waals surface area contributed by atoms with Crippen molar-refractivity contribution in [1.29, 1.82) is 0 Å². The Hall–Kier alpha value is -2.69. The average molecular weight is 421 g/mol. The van der Waals surface area contributed by atoms with Gasteiger partial charge in [0.05, 0.1) is 28.7 Å². The first-order chi connectivity index (χ1) is 13.7. The van der Waals surface area contributed by atoms with Gasteiger partial charge in [0.1, 0.15) is 5.82 Å². The Bertz CT molecular complexity index is 1220. The van der Waals surface area contributed by atoms with Gasteiger partial charge in [0, 0.05) is 23.2 Å². The van der Waals surface area contributed by atoms with E-state index in [2.05, 4.69) is 10.2 Å². The molecule has 2 aromatic carbocycles. The zero-order valence-corrected chi connectivity index (χ0v) is 15.5. The summed E-state index contributed by atoms with van der Waals surface area (Å²) < 4.78 is 69.0. The number of nitrogens with zero attached hydrogens (tertiary/aromatic N) is 2. The van der Waals surface area contributed by atoms with Gasteiger partial charge in [-0.3, -0.25) is 5.10 Å². The first kappa shape index (κ1) is 18.3. The number of aliphatic hydroxyl groups is 1. The van der Waals surface area contributed by atoms with Crippen LogP contribution in [0.4, 0.5) is 13.2 Å². The lowest BCUT2D eigenvalue weighted by molar-refractivity contribution is -0.208. The van der Waals surface area contributed by atoms with Crippen LogP contribution in [-0.4, -0.2) is 28.0 Å². The topological polar surface area (TPSA) is 86.3 Å². The molecule has 3 aromatic rings. The van der Waals surface area contributed by atoms with Crippen LogP contribution in [0.2, 0.25) is 0 Å². The standard InChI is InChI=1S/C19H14F3N3O3S/c20-14-3-1-2-12-16-8-15-13(9-23-24-15)18(17(12)14)25(16)29(27,28)11-6-4-10(5-7-11)19(21,22)26/h1-7,9,16,18,26H,8H2,(H,23,24)/t16-,18+/m1/s1. The zero-order valence-electron chi connectivity index (χ0n) is 14.7. The molecule has 0 amide bonds. The number of halogens is 3. The fraction of sp³-hybridized carbons (Fsp3) is 0.211.